The topological polar surface area (TPSA) is 74.4 Å². The van der Waals surface area contributed by atoms with Crippen molar-refractivity contribution in [2.45, 2.75) is 0 Å². The summed E-state index contributed by atoms with van der Waals surface area (Å²) in [6.45, 7) is 0. The minimum atomic E-state index is 0.445. The summed E-state index contributed by atoms with van der Waals surface area (Å²) < 4.78 is 15.8. The molecule has 3 aromatic rings. The van der Waals surface area contributed by atoms with Gasteiger partial charge in [-0.2, -0.15) is 0 Å². The Balaban J connectivity index is 2.17. The predicted molar refractivity (Wildman–Crippen MR) is 62.7 cm³/mol. The van der Waals surface area contributed by atoms with E-state index in [1.807, 2.05) is 24.3 Å². The monoisotopic (exact) mass is 230 g/mol. The Bertz CT molecular complexity index is 669. The summed E-state index contributed by atoms with van der Waals surface area (Å²) in [4.78, 5) is 0. The van der Waals surface area contributed by atoms with Crippen molar-refractivity contribution in [3.05, 3.63) is 30.5 Å². The number of nitrogen functional groups attached to an aromatic ring is 1. The fourth-order valence-electron chi connectivity index (χ4n) is 1.68. The normalized spacial score (nSPS) is 10.9. The van der Waals surface area contributed by atoms with E-state index in [-0.39, 0.29) is 0 Å². The highest BCUT2D eigenvalue weighted by Gasteiger charge is 2.13. The first kappa shape index (κ1) is 9.77. The first-order chi connectivity index (χ1) is 8.28. The molecule has 5 nitrogen and oxygen atoms in total. The van der Waals surface area contributed by atoms with Crippen LogP contribution in [0.3, 0.4) is 0 Å². The van der Waals surface area contributed by atoms with E-state index in [0.717, 1.165) is 16.7 Å². The minimum Gasteiger partial charge on any atom is -0.497 e. The minimum absolute atomic E-state index is 0.445. The van der Waals surface area contributed by atoms with Gasteiger partial charge in [-0.1, -0.05) is 5.16 Å². The van der Waals surface area contributed by atoms with Crippen LogP contribution in [0.15, 0.2) is 39.4 Å². The summed E-state index contributed by atoms with van der Waals surface area (Å²) in [7, 11) is 1.61. The van der Waals surface area contributed by atoms with Crippen LogP contribution in [0, 0.1) is 0 Å². The number of rotatable bonds is 2. The highest BCUT2D eigenvalue weighted by Crippen LogP contribution is 2.32. The molecule has 0 unspecified atom stereocenters. The van der Waals surface area contributed by atoms with Gasteiger partial charge < -0.3 is 19.4 Å². The zero-order chi connectivity index (χ0) is 11.8. The van der Waals surface area contributed by atoms with Crippen molar-refractivity contribution in [1.29, 1.82) is 0 Å². The number of hydrogen-bond acceptors (Lipinski definition) is 5. The van der Waals surface area contributed by atoms with Crippen molar-refractivity contribution in [3.63, 3.8) is 0 Å². The van der Waals surface area contributed by atoms with Gasteiger partial charge in [0.1, 0.15) is 17.0 Å². The average molecular weight is 230 g/mol. The Kier molecular flexibility index (Phi) is 2.04. The molecule has 17 heavy (non-hydrogen) atoms. The maximum atomic E-state index is 5.71. The van der Waals surface area contributed by atoms with Crippen LogP contribution in [0.2, 0.25) is 0 Å². The van der Waals surface area contributed by atoms with Gasteiger partial charge in [0.05, 0.1) is 13.3 Å². The summed E-state index contributed by atoms with van der Waals surface area (Å²) in [6, 6.07) is 7.44. The molecule has 0 saturated carbocycles. The maximum absolute atomic E-state index is 5.71. The van der Waals surface area contributed by atoms with Crippen molar-refractivity contribution in [2.75, 3.05) is 12.8 Å². The lowest BCUT2D eigenvalue weighted by atomic mass is 10.2. The Morgan fingerprint density at radius 2 is 2.18 bits per heavy atom. The molecule has 0 aliphatic rings. The number of ether oxygens (including phenoxy) is 1. The van der Waals surface area contributed by atoms with Gasteiger partial charge in [-0.15, -0.1) is 0 Å². The molecule has 2 aromatic heterocycles. The SMILES string of the molecule is COc1ccc2cc(-c3oncc3N)oc2c1. The molecular weight excluding hydrogens is 220 g/mol. The molecule has 0 aliphatic heterocycles. The van der Waals surface area contributed by atoms with E-state index in [2.05, 4.69) is 5.16 Å². The van der Waals surface area contributed by atoms with Gasteiger partial charge in [0.25, 0.3) is 0 Å². The number of benzene rings is 1. The van der Waals surface area contributed by atoms with Crippen LogP contribution in [-0.2, 0) is 0 Å². The molecule has 0 atom stereocenters. The molecule has 0 bridgehead atoms. The van der Waals surface area contributed by atoms with Gasteiger partial charge in [0, 0.05) is 11.5 Å². The van der Waals surface area contributed by atoms with Crippen LogP contribution < -0.4 is 10.5 Å². The van der Waals surface area contributed by atoms with Crippen LogP contribution >= 0.6 is 0 Å². The molecule has 0 aliphatic carbocycles. The number of aromatic nitrogens is 1. The number of fused-ring (bicyclic) bond motifs is 1. The second kappa shape index (κ2) is 3.55. The van der Waals surface area contributed by atoms with Gasteiger partial charge in [-0.3, -0.25) is 0 Å². The quantitative estimate of drug-likeness (QED) is 0.732. The number of furan rings is 1. The summed E-state index contributed by atoms with van der Waals surface area (Å²) in [6.07, 6.45) is 1.45. The smallest absolute Gasteiger partial charge is 0.224 e. The van der Waals surface area contributed by atoms with E-state index in [4.69, 9.17) is 19.4 Å². The zero-order valence-corrected chi connectivity index (χ0v) is 9.14. The number of methoxy groups -OCH3 is 1. The molecule has 86 valence electrons. The molecule has 0 radical (unpaired) electrons. The van der Waals surface area contributed by atoms with E-state index in [0.29, 0.717) is 17.2 Å². The summed E-state index contributed by atoms with van der Waals surface area (Å²) in [5, 5.41) is 4.57. The Hall–Kier alpha value is -2.43. The first-order valence-electron chi connectivity index (χ1n) is 5.06. The summed E-state index contributed by atoms with van der Waals surface area (Å²) in [5.41, 5.74) is 6.88. The molecule has 1 aromatic carbocycles. The number of hydrogen-bond donors (Lipinski definition) is 1. The molecule has 2 heterocycles. The van der Waals surface area contributed by atoms with Gasteiger partial charge in [0.15, 0.2) is 5.76 Å². The summed E-state index contributed by atoms with van der Waals surface area (Å²) >= 11 is 0. The van der Waals surface area contributed by atoms with E-state index in [9.17, 15) is 0 Å². The molecule has 3 rings (SSSR count). The highest BCUT2D eigenvalue weighted by molar-refractivity contribution is 5.84. The van der Waals surface area contributed by atoms with E-state index < -0.39 is 0 Å². The summed E-state index contributed by atoms with van der Waals surface area (Å²) in [5.74, 6) is 1.74. The van der Waals surface area contributed by atoms with Crippen LogP contribution in [0.5, 0.6) is 5.75 Å². The second-order valence-electron chi connectivity index (χ2n) is 3.62. The molecule has 0 spiro atoms. The van der Waals surface area contributed by atoms with Crippen molar-refractivity contribution >= 4 is 16.7 Å². The Labute approximate surface area is 96.7 Å². The van der Waals surface area contributed by atoms with Gasteiger partial charge in [0.2, 0.25) is 5.76 Å². The molecule has 0 fully saturated rings. The van der Waals surface area contributed by atoms with Crippen LogP contribution in [0.25, 0.3) is 22.5 Å². The number of nitrogens with zero attached hydrogens (tertiary/aromatic N) is 1. The average Bonchev–Trinajstić information content (AvgIpc) is 2.93. The van der Waals surface area contributed by atoms with Crippen molar-refractivity contribution in [3.8, 4) is 17.3 Å². The van der Waals surface area contributed by atoms with Crippen molar-refractivity contribution in [2.24, 2.45) is 0 Å². The van der Waals surface area contributed by atoms with E-state index >= 15 is 0 Å². The van der Waals surface area contributed by atoms with Crippen LogP contribution in [0.1, 0.15) is 0 Å². The lowest BCUT2D eigenvalue weighted by Gasteiger charge is -1.96. The molecule has 5 heteroatoms. The second-order valence-corrected chi connectivity index (χ2v) is 3.62. The van der Waals surface area contributed by atoms with Gasteiger partial charge in [-0.05, 0) is 18.2 Å². The zero-order valence-electron chi connectivity index (χ0n) is 9.14. The van der Waals surface area contributed by atoms with Gasteiger partial charge >= 0.3 is 0 Å². The van der Waals surface area contributed by atoms with Crippen LogP contribution in [0.4, 0.5) is 5.69 Å². The maximum Gasteiger partial charge on any atom is 0.224 e. The Morgan fingerprint density at radius 1 is 1.29 bits per heavy atom. The number of anilines is 1. The third-order valence-corrected chi connectivity index (χ3v) is 2.55. The molecule has 0 saturated heterocycles. The largest absolute Gasteiger partial charge is 0.497 e. The van der Waals surface area contributed by atoms with Crippen molar-refractivity contribution < 1.29 is 13.7 Å². The fraction of sp³-hybridized carbons (Fsp3) is 0.0833. The Morgan fingerprint density at radius 3 is 2.88 bits per heavy atom. The standard InChI is InChI=1S/C12H10N2O3/c1-15-8-3-2-7-4-11(16-10(7)5-8)12-9(13)6-14-17-12/h2-6H,13H2,1H3. The van der Waals surface area contributed by atoms with Gasteiger partial charge in [-0.25, -0.2) is 0 Å². The lowest BCUT2D eigenvalue weighted by Crippen LogP contribution is -1.82. The third kappa shape index (κ3) is 1.52. The highest BCUT2D eigenvalue weighted by atomic mass is 16.5. The first-order valence-corrected chi connectivity index (χ1v) is 5.06. The van der Waals surface area contributed by atoms with Crippen LogP contribution in [-0.4, -0.2) is 12.3 Å². The molecular formula is C12H10N2O3. The molecule has 2 N–H and O–H groups in total. The third-order valence-electron chi connectivity index (χ3n) is 2.55. The van der Waals surface area contributed by atoms with E-state index in [1.54, 1.807) is 7.11 Å². The fourth-order valence-corrected chi connectivity index (χ4v) is 1.68. The predicted octanol–water partition coefficient (Wildman–Crippen LogP) is 2.68. The molecule has 0 amide bonds. The lowest BCUT2D eigenvalue weighted by molar-refractivity contribution is 0.413. The van der Waals surface area contributed by atoms with E-state index in [1.165, 1.54) is 6.20 Å². The number of nitrogens with two attached hydrogens (primary N) is 1. The van der Waals surface area contributed by atoms with Crippen molar-refractivity contribution in [1.82, 2.24) is 5.16 Å².